The molecule has 0 aliphatic carbocycles. The number of thiophene rings is 1. The minimum atomic E-state index is -1.14. The molecule has 3 aromatic carbocycles. The molecule has 0 saturated carbocycles. The molecule has 2 heterocycles. The molecule has 2 unspecified atom stereocenters. The van der Waals surface area contributed by atoms with Crippen LogP contribution in [0.4, 0.5) is 4.39 Å². The number of piperidine rings is 1. The number of hydrogen-bond acceptors (Lipinski definition) is 5. The maximum atomic E-state index is 13.7. The Morgan fingerprint density at radius 2 is 1.74 bits per heavy atom. The fourth-order valence-corrected chi connectivity index (χ4v) is 5.85. The molecule has 4 nitrogen and oxygen atoms in total. The van der Waals surface area contributed by atoms with Gasteiger partial charge in [-0.05, 0) is 76.0 Å². The number of benzene rings is 3. The Bertz CT molecular complexity index is 1390. The van der Waals surface area contributed by atoms with E-state index in [1.165, 1.54) is 39.9 Å². The van der Waals surface area contributed by atoms with E-state index >= 15 is 0 Å². The molecule has 5 rings (SSSR count). The molecule has 0 radical (unpaired) electrons. The highest BCUT2D eigenvalue weighted by atomic mass is 35.5. The Morgan fingerprint density at radius 1 is 0.971 bits per heavy atom. The molecule has 1 fully saturated rings. The average molecular weight is 524 g/mol. The van der Waals surface area contributed by atoms with E-state index in [4.69, 9.17) is 16.3 Å². The third-order valence-electron chi connectivity index (χ3n) is 6.15. The van der Waals surface area contributed by atoms with Gasteiger partial charge in [0, 0.05) is 11.4 Å². The van der Waals surface area contributed by atoms with Gasteiger partial charge in [0.15, 0.2) is 5.78 Å². The van der Waals surface area contributed by atoms with E-state index in [1.807, 2.05) is 22.9 Å². The molecule has 1 amide bonds. The molecule has 0 N–H and O–H groups in total. The predicted molar refractivity (Wildman–Crippen MR) is 138 cm³/mol. The van der Waals surface area contributed by atoms with Crippen LogP contribution >= 0.6 is 35.8 Å². The van der Waals surface area contributed by atoms with Gasteiger partial charge in [-0.15, -0.1) is 0 Å². The molecule has 0 spiro atoms. The highest BCUT2D eigenvalue weighted by Gasteiger charge is 2.53. The van der Waals surface area contributed by atoms with Gasteiger partial charge >= 0.3 is 0 Å². The molecule has 1 aliphatic rings. The van der Waals surface area contributed by atoms with Crippen LogP contribution in [-0.4, -0.2) is 16.0 Å². The molecular formula is C27H19ClFNO3S2. The SMILES string of the molecule is O=C1CC(c2ccsc2)(c2cccc(Oc3ccc(F)cc3)c2)N(S)C(=O)C1c1ccccc1Cl. The van der Waals surface area contributed by atoms with Gasteiger partial charge in [0.25, 0.3) is 0 Å². The second-order valence-corrected chi connectivity index (χ2v) is 9.79. The number of thiol groups is 1. The normalized spacial score (nSPS) is 20.2. The maximum Gasteiger partial charge on any atom is 0.248 e. The van der Waals surface area contributed by atoms with Gasteiger partial charge < -0.3 is 4.74 Å². The van der Waals surface area contributed by atoms with Crippen molar-refractivity contribution in [1.29, 1.82) is 0 Å². The van der Waals surface area contributed by atoms with E-state index in [9.17, 15) is 14.0 Å². The Kier molecular flexibility index (Phi) is 6.40. The number of hydrogen-bond donors (Lipinski definition) is 1. The summed E-state index contributed by atoms with van der Waals surface area (Å²) < 4.78 is 20.6. The van der Waals surface area contributed by atoms with Gasteiger partial charge in [0.1, 0.15) is 28.8 Å². The fraction of sp³-hybridized carbons (Fsp3) is 0.111. The zero-order valence-corrected chi connectivity index (χ0v) is 20.7. The van der Waals surface area contributed by atoms with Crippen molar-refractivity contribution in [3.05, 3.63) is 117 Å². The first kappa shape index (κ1) is 23.6. The molecule has 8 heteroatoms. The Balaban J connectivity index is 1.58. The number of ketones is 1. The van der Waals surface area contributed by atoms with Crippen molar-refractivity contribution in [2.24, 2.45) is 0 Å². The van der Waals surface area contributed by atoms with E-state index < -0.39 is 17.4 Å². The van der Waals surface area contributed by atoms with E-state index in [1.54, 1.807) is 42.5 Å². The van der Waals surface area contributed by atoms with Crippen molar-refractivity contribution < 1.29 is 18.7 Å². The lowest BCUT2D eigenvalue weighted by molar-refractivity contribution is -0.142. The maximum absolute atomic E-state index is 13.7. The van der Waals surface area contributed by atoms with Crippen LogP contribution in [0.2, 0.25) is 5.02 Å². The third kappa shape index (κ3) is 4.24. The van der Waals surface area contributed by atoms with Crippen molar-refractivity contribution in [1.82, 2.24) is 4.31 Å². The average Bonchev–Trinajstić information content (AvgIpc) is 3.40. The number of Topliss-reactive ketones (excluding diaryl/α,β-unsaturated/α-hetero) is 1. The van der Waals surface area contributed by atoms with Gasteiger partial charge in [-0.2, -0.15) is 11.3 Å². The molecule has 1 aliphatic heterocycles. The number of carbonyl (C=O) groups excluding carboxylic acids is 2. The van der Waals surface area contributed by atoms with Crippen molar-refractivity contribution in [2.45, 2.75) is 17.9 Å². The van der Waals surface area contributed by atoms with Gasteiger partial charge in [-0.25, -0.2) is 4.39 Å². The largest absolute Gasteiger partial charge is 0.457 e. The zero-order valence-electron chi connectivity index (χ0n) is 18.2. The molecule has 4 aromatic rings. The number of halogens is 2. The fourth-order valence-electron chi connectivity index (χ4n) is 4.46. The summed E-state index contributed by atoms with van der Waals surface area (Å²) in [7, 11) is 0. The first-order chi connectivity index (χ1) is 16.9. The van der Waals surface area contributed by atoms with E-state index in [-0.39, 0.29) is 18.0 Å². The number of amides is 1. The van der Waals surface area contributed by atoms with Crippen LogP contribution in [0, 0.1) is 5.82 Å². The van der Waals surface area contributed by atoms with Crippen LogP contribution in [0.3, 0.4) is 0 Å². The zero-order chi connectivity index (χ0) is 24.6. The molecule has 35 heavy (non-hydrogen) atoms. The highest BCUT2D eigenvalue weighted by molar-refractivity contribution is 7.78. The Morgan fingerprint density at radius 3 is 2.46 bits per heavy atom. The summed E-state index contributed by atoms with van der Waals surface area (Å²) in [6.45, 7) is 0. The van der Waals surface area contributed by atoms with Crippen LogP contribution in [0.1, 0.15) is 29.0 Å². The van der Waals surface area contributed by atoms with E-state index in [0.717, 1.165) is 5.56 Å². The van der Waals surface area contributed by atoms with Gasteiger partial charge in [0.2, 0.25) is 5.91 Å². The highest BCUT2D eigenvalue weighted by Crippen LogP contribution is 2.49. The summed E-state index contributed by atoms with van der Waals surface area (Å²) in [6.07, 6.45) is 0.00879. The minimum Gasteiger partial charge on any atom is -0.457 e. The predicted octanol–water partition coefficient (Wildman–Crippen LogP) is 7.01. The summed E-state index contributed by atoms with van der Waals surface area (Å²) >= 11 is 12.5. The summed E-state index contributed by atoms with van der Waals surface area (Å²) in [4.78, 5) is 27.3. The monoisotopic (exact) mass is 523 g/mol. The van der Waals surface area contributed by atoms with Crippen LogP contribution in [0.5, 0.6) is 11.5 Å². The molecular weight excluding hydrogens is 505 g/mol. The van der Waals surface area contributed by atoms with Crippen LogP contribution < -0.4 is 4.74 Å². The Hall–Kier alpha value is -3.13. The standard InChI is InChI=1S/C27H19ClFNO3S2/c28-23-7-2-1-6-22(23)25-24(31)15-27(30(34)26(25)32,18-12-13-35-16-18)17-4-3-5-21(14-17)33-20-10-8-19(29)9-11-20/h1-14,16,25,34H,15H2. The second-order valence-electron chi connectivity index (χ2n) is 8.20. The quantitative estimate of drug-likeness (QED) is 0.226. The minimum absolute atomic E-state index is 0.00879. The number of carbonyl (C=O) groups is 2. The van der Waals surface area contributed by atoms with Crippen LogP contribution in [0.15, 0.2) is 89.6 Å². The molecule has 0 bridgehead atoms. The lowest BCUT2D eigenvalue weighted by atomic mass is 9.73. The summed E-state index contributed by atoms with van der Waals surface area (Å²) in [5, 5.41) is 4.17. The van der Waals surface area contributed by atoms with Crippen molar-refractivity contribution >= 4 is 47.4 Å². The Labute approximate surface area is 216 Å². The van der Waals surface area contributed by atoms with Crippen molar-refractivity contribution in [3.63, 3.8) is 0 Å². The van der Waals surface area contributed by atoms with E-state index in [0.29, 0.717) is 27.6 Å². The van der Waals surface area contributed by atoms with Crippen LogP contribution in [-0.2, 0) is 15.1 Å². The first-order valence-corrected chi connectivity index (χ1v) is 12.5. The number of ether oxygens (including phenoxy) is 1. The molecule has 1 saturated heterocycles. The summed E-state index contributed by atoms with van der Waals surface area (Å²) in [5.41, 5.74) is 0.771. The molecule has 2 atom stereocenters. The van der Waals surface area contributed by atoms with Crippen molar-refractivity contribution in [3.8, 4) is 11.5 Å². The van der Waals surface area contributed by atoms with Gasteiger partial charge in [0.05, 0.1) is 0 Å². The lowest BCUT2D eigenvalue weighted by Crippen LogP contribution is -2.54. The summed E-state index contributed by atoms with van der Waals surface area (Å²) in [6, 6.07) is 21.6. The van der Waals surface area contributed by atoms with Crippen molar-refractivity contribution in [2.75, 3.05) is 0 Å². The molecule has 176 valence electrons. The van der Waals surface area contributed by atoms with Gasteiger partial charge in [-0.3, -0.25) is 13.9 Å². The number of nitrogens with zero attached hydrogens (tertiary/aromatic N) is 1. The van der Waals surface area contributed by atoms with E-state index in [2.05, 4.69) is 12.8 Å². The number of rotatable bonds is 5. The second kappa shape index (κ2) is 9.49. The van der Waals surface area contributed by atoms with Gasteiger partial charge in [-0.1, -0.05) is 54.7 Å². The van der Waals surface area contributed by atoms with Crippen LogP contribution in [0.25, 0.3) is 0 Å². The third-order valence-corrected chi connectivity index (χ3v) is 7.71. The summed E-state index contributed by atoms with van der Waals surface area (Å²) in [5.74, 6) is -1.14. The molecule has 1 aromatic heterocycles. The first-order valence-electron chi connectivity index (χ1n) is 10.8. The lowest BCUT2D eigenvalue weighted by Gasteiger charge is -2.46. The smallest absolute Gasteiger partial charge is 0.248 e. The topological polar surface area (TPSA) is 46.6 Å².